The van der Waals surface area contributed by atoms with Gasteiger partial charge < -0.3 is 5.32 Å². The molecule has 0 bridgehead atoms. The normalized spacial score (nSPS) is 11.4. The van der Waals surface area contributed by atoms with Crippen molar-refractivity contribution in [3.8, 4) is 0 Å². The minimum atomic E-state index is -3.69. The van der Waals surface area contributed by atoms with Crippen LogP contribution in [0.3, 0.4) is 0 Å². The Morgan fingerprint density at radius 2 is 1.81 bits per heavy atom. The van der Waals surface area contributed by atoms with Gasteiger partial charge in [0, 0.05) is 25.7 Å². The number of benzene rings is 2. The molecule has 0 saturated heterocycles. The van der Waals surface area contributed by atoms with Crippen molar-refractivity contribution in [1.82, 2.24) is 4.31 Å². The number of carbonyl (C=O) groups is 1. The Kier molecular flexibility index (Phi) is 6.34. The molecule has 0 aliphatic heterocycles. The third-order valence-corrected chi connectivity index (χ3v) is 5.82. The van der Waals surface area contributed by atoms with Crippen molar-refractivity contribution in [3.63, 3.8) is 0 Å². The molecule has 26 heavy (non-hydrogen) atoms. The van der Waals surface area contributed by atoms with Gasteiger partial charge in [0.1, 0.15) is 0 Å². The number of rotatable bonds is 7. The first-order valence-electron chi connectivity index (χ1n) is 8.29. The zero-order valence-corrected chi connectivity index (χ0v) is 16.1. The van der Waals surface area contributed by atoms with Crippen LogP contribution in [-0.2, 0) is 21.4 Å². The topological polar surface area (TPSA) is 66.5 Å². The lowest BCUT2D eigenvalue weighted by Gasteiger charge is -2.22. The second-order valence-corrected chi connectivity index (χ2v) is 8.16. The molecule has 0 aromatic heterocycles. The maximum Gasteiger partial charge on any atom is 0.243 e. The molecule has 0 fully saturated rings. The van der Waals surface area contributed by atoms with Gasteiger partial charge in [-0.2, -0.15) is 4.31 Å². The van der Waals surface area contributed by atoms with Crippen molar-refractivity contribution < 1.29 is 13.2 Å². The molecule has 2 aromatic carbocycles. The largest absolute Gasteiger partial charge is 0.326 e. The number of nitrogens with zero attached hydrogens (tertiary/aromatic N) is 1. The summed E-state index contributed by atoms with van der Waals surface area (Å²) >= 11 is 0. The van der Waals surface area contributed by atoms with Crippen LogP contribution in [0.25, 0.3) is 0 Å². The molecule has 5 nitrogen and oxygen atoms in total. The first-order chi connectivity index (χ1) is 12.2. The number of nitrogens with one attached hydrogen (secondary N) is 1. The first kappa shape index (κ1) is 19.9. The Labute approximate surface area is 155 Å². The maximum absolute atomic E-state index is 13.0. The Morgan fingerprint density at radius 3 is 2.38 bits per heavy atom. The Bertz CT molecular complexity index is 903. The lowest BCUT2D eigenvalue weighted by molar-refractivity contribution is -0.114. The van der Waals surface area contributed by atoms with Gasteiger partial charge in [-0.15, -0.1) is 6.58 Å². The van der Waals surface area contributed by atoms with Crippen LogP contribution in [-0.4, -0.2) is 25.2 Å². The van der Waals surface area contributed by atoms with E-state index in [1.165, 1.54) is 23.4 Å². The number of hydrogen-bond donors (Lipinski definition) is 1. The molecule has 0 aliphatic rings. The highest BCUT2D eigenvalue weighted by atomic mass is 32.2. The van der Waals surface area contributed by atoms with E-state index in [1.807, 2.05) is 32.0 Å². The summed E-state index contributed by atoms with van der Waals surface area (Å²) in [5, 5.41) is 2.63. The zero-order chi connectivity index (χ0) is 19.3. The molecule has 0 unspecified atom stereocenters. The molecule has 6 heteroatoms. The summed E-state index contributed by atoms with van der Waals surface area (Å²) in [6.07, 6.45) is 1.58. The van der Waals surface area contributed by atoms with Crippen LogP contribution in [0.5, 0.6) is 0 Å². The number of sulfonamides is 1. The molecule has 0 radical (unpaired) electrons. The predicted octanol–water partition coefficient (Wildman–Crippen LogP) is 3.64. The summed E-state index contributed by atoms with van der Waals surface area (Å²) in [5.74, 6) is -0.205. The zero-order valence-electron chi connectivity index (χ0n) is 15.3. The summed E-state index contributed by atoms with van der Waals surface area (Å²) in [4.78, 5) is 11.3. The Balaban J connectivity index is 2.33. The number of carbonyl (C=O) groups excluding carboxylic acids is 1. The number of amides is 1. The van der Waals surface area contributed by atoms with E-state index in [1.54, 1.807) is 18.2 Å². The van der Waals surface area contributed by atoms with Gasteiger partial charge in [0.05, 0.1) is 4.90 Å². The fourth-order valence-electron chi connectivity index (χ4n) is 2.61. The highest BCUT2D eigenvalue weighted by Gasteiger charge is 2.24. The van der Waals surface area contributed by atoms with Crippen molar-refractivity contribution in [2.75, 3.05) is 11.9 Å². The SMILES string of the molecule is C=CCN(Cc1cc(C)ccc1C)S(=O)(=O)c1ccc(NC(C)=O)cc1. The highest BCUT2D eigenvalue weighted by molar-refractivity contribution is 7.89. The highest BCUT2D eigenvalue weighted by Crippen LogP contribution is 2.22. The van der Waals surface area contributed by atoms with E-state index in [0.717, 1.165) is 16.7 Å². The smallest absolute Gasteiger partial charge is 0.243 e. The van der Waals surface area contributed by atoms with Crippen LogP contribution in [0, 0.1) is 13.8 Å². The average molecular weight is 372 g/mol. The molecule has 0 saturated carbocycles. The monoisotopic (exact) mass is 372 g/mol. The minimum Gasteiger partial charge on any atom is -0.326 e. The Morgan fingerprint density at radius 1 is 1.15 bits per heavy atom. The van der Waals surface area contributed by atoms with Crippen LogP contribution in [0.1, 0.15) is 23.6 Å². The predicted molar refractivity (Wildman–Crippen MR) is 104 cm³/mol. The summed E-state index contributed by atoms with van der Waals surface area (Å²) in [5.41, 5.74) is 3.65. The standard InChI is InChI=1S/C20H24N2O3S/c1-5-12-22(14-18-13-15(2)6-7-16(18)3)26(24,25)20-10-8-19(9-11-20)21-17(4)23/h5-11,13H,1,12,14H2,2-4H3,(H,21,23). The second kappa shape index (κ2) is 8.29. The molecule has 0 aliphatic carbocycles. The van der Waals surface area contributed by atoms with E-state index in [9.17, 15) is 13.2 Å². The lowest BCUT2D eigenvalue weighted by Crippen LogP contribution is -2.31. The summed E-state index contributed by atoms with van der Waals surface area (Å²) in [6.45, 7) is 9.52. The van der Waals surface area contributed by atoms with Crippen molar-refractivity contribution >= 4 is 21.6 Å². The van der Waals surface area contributed by atoms with Crippen LogP contribution < -0.4 is 5.32 Å². The first-order valence-corrected chi connectivity index (χ1v) is 9.73. The maximum atomic E-state index is 13.0. The van der Waals surface area contributed by atoms with Crippen molar-refractivity contribution in [3.05, 3.63) is 71.8 Å². The van der Waals surface area contributed by atoms with E-state index in [2.05, 4.69) is 11.9 Å². The molecule has 1 N–H and O–H groups in total. The van der Waals surface area contributed by atoms with E-state index in [0.29, 0.717) is 5.69 Å². The van der Waals surface area contributed by atoms with E-state index in [-0.39, 0.29) is 23.9 Å². The summed E-state index contributed by atoms with van der Waals surface area (Å²) in [6, 6.07) is 12.2. The molecule has 2 rings (SSSR count). The molecule has 0 heterocycles. The number of anilines is 1. The van der Waals surface area contributed by atoms with Gasteiger partial charge >= 0.3 is 0 Å². The van der Waals surface area contributed by atoms with E-state index < -0.39 is 10.0 Å². The van der Waals surface area contributed by atoms with Gasteiger partial charge in [-0.1, -0.05) is 29.8 Å². The molecule has 2 aromatic rings. The molecule has 0 spiro atoms. The van der Waals surface area contributed by atoms with Crippen molar-refractivity contribution in [2.45, 2.75) is 32.2 Å². The molecule has 138 valence electrons. The van der Waals surface area contributed by atoms with Gasteiger partial charge in [-0.25, -0.2) is 8.42 Å². The summed E-state index contributed by atoms with van der Waals surface area (Å²) in [7, 11) is -3.69. The average Bonchev–Trinajstić information content (AvgIpc) is 2.57. The fraction of sp³-hybridized carbons (Fsp3) is 0.250. The van der Waals surface area contributed by atoms with Gasteiger partial charge in [0.25, 0.3) is 0 Å². The van der Waals surface area contributed by atoms with Crippen LogP contribution in [0.4, 0.5) is 5.69 Å². The molecular formula is C20H24N2O3S. The van der Waals surface area contributed by atoms with Crippen molar-refractivity contribution in [2.24, 2.45) is 0 Å². The van der Waals surface area contributed by atoms with Gasteiger partial charge in [0.15, 0.2) is 0 Å². The second-order valence-electron chi connectivity index (χ2n) is 6.22. The van der Waals surface area contributed by atoms with E-state index in [4.69, 9.17) is 0 Å². The Hall–Kier alpha value is -2.44. The van der Waals surface area contributed by atoms with E-state index >= 15 is 0 Å². The summed E-state index contributed by atoms with van der Waals surface area (Å²) < 4.78 is 27.5. The fourth-order valence-corrected chi connectivity index (χ4v) is 4.00. The molecule has 0 atom stereocenters. The van der Waals surface area contributed by atoms with Crippen LogP contribution in [0.2, 0.25) is 0 Å². The van der Waals surface area contributed by atoms with Crippen LogP contribution in [0.15, 0.2) is 60.0 Å². The molecular weight excluding hydrogens is 348 g/mol. The number of aryl methyl sites for hydroxylation is 2. The lowest BCUT2D eigenvalue weighted by atomic mass is 10.1. The van der Waals surface area contributed by atoms with Crippen LogP contribution >= 0.6 is 0 Å². The van der Waals surface area contributed by atoms with Gasteiger partial charge in [0.2, 0.25) is 15.9 Å². The third kappa shape index (κ3) is 4.80. The van der Waals surface area contributed by atoms with Crippen molar-refractivity contribution in [1.29, 1.82) is 0 Å². The van der Waals surface area contributed by atoms with Gasteiger partial charge in [-0.05, 0) is 49.2 Å². The quantitative estimate of drug-likeness (QED) is 0.755. The molecule has 1 amide bonds. The third-order valence-electron chi connectivity index (χ3n) is 4.00. The number of hydrogen-bond acceptors (Lipinski definition) is 3. The minimum absolute atomic E-state index is 0.179. The van der Waals surface area contributed by atoms with Gasteiger partial charge in [-0.3, -0.25) is 4.79 Å².